The number of aromatic nitrogens is 3. The van der Waals surface area contributed by atoms with Crippen molar-refractivity contribution in [2.24, 2.45) is 0 Å². The van der Waals surface area contributed by atoms with Crippen LogP contribution in [0.2, 0.25) is 0 Å². The molecular weight excluding hydrogens is 288 g/mol. The Hall–Kier alpha value is -2.25. The molecule has 0 radical (unpaired) electrons. The second-order valence-electron chi connectivity index (χ2n) is 4.56. The molecule has 3 rings (SSSR count). The number of anilines is 2. The summed E-state index contributed by atoms with van der Waals surface area (Å²) in [5.74, 6) is 0.359. The van der Waals surface area contributed by atoms with E-state index in [-0.39, 0.29) is 12.2 Å². The SMILES string of the molecule is Cc1nc(Nc2nc3ccccc3s2)[nH]c(=O)c1CCO. The van der Waals surface area contributed by atoms with E-state index in [2.05, 4.69) is 20.3 Å². The molecule has 0 amide bonds. The van der Waals surface area contributed by atoms with Gasteiger partial charge in [0.25, 0.3) is 5.56 Å². The van der Waals surface area contributed by atoms with Crippen molar-refractivity contribution < 1.29 is 5.11 Å². The van der Waals surface area contributed by atoms with Gasteiger partial charge in [0.2, 0.25) is 5.95 Å². The Morgan fingerprint density at radius 3 is 2.86 bits per heavy atom. The third-order valence-electron chi connectivity index (χ3n) is 3.10. The number of aryl methyl sites for hydroxylation is 1. The summed E-state index contributed by atoms with van der Waals surface area (Å²) in [6.45, 7) is 1.68. The van der Waals surface area contributed by atoms with Gasteiger partial charge in [-0.2, -0.15) is 0 Å². The first-order chi connectivity index (χ1) is 10.2. The molecule has 2 aromatic heterocycles. The Balaban J connectivity index is 1.92. The molecule has 0 aliphatic heterocycles. The zero-order valence-electron chi connectivity index (χ0n) is 11.4. The van der Waals surface area contributed by atoms with Crippen LogP contribution in [0.5, 0.6) is 0 Å². The van der Waals surface area contributed by atoms with Gasteiger partial charge in [0.15, 0.2) is 5.13 Å². The molecule has 108 valence electrons. The Morgan fingerprint density at radius 1 is 1.33 bits per heavy atom. The van der Waals surface area contributed by atoms with Crippen LogP contribution in [0.4, 0.5) is 11.1 Å². The minimum Gasteiger partial charge on any atom is -0.396 e. The van der Waals surface area contributed by atoms with Gasteiger partial charge in [0.05, 0.1) is 15.9 Å². The van der Waals surface area contributed by atoms with Crippen molar-refractivity contribution in [3.05, 3.63) is 45.9 Å². The molecular formula is C14H14N4O2S. The van der Waals surface area contributed by atoms with Crippen LogP contribution in [-0.4, -0.2) is 26.7 Å². The molecule has 0 aliphatic carbocycles. The number of benzene rings is 1. The second-order valence-corrected chi connectivity index (χ2v) is 5.59. The number of rotatable bonds is 4. The van der Waals surface area contributed by atoms with Crippen molar-refractivity contribution in [1.29, 1.82) is 0 Å². The average molecular weight is 302 g/mol. The van der Waals surface area contributed by atoms with Crippen LogP contribution in [-0.2, 0) is 6.42 Å². The quantitative estimate of drug-likeness (QED) is 0.685. The first kappa shape index (κ1) is 13.7. The number of H-pyrrole nitrogens is 1. The maximum absolute atomic E-state index is 11.9. The lowest BCUT2D eigenvalue weighted by molar-refractivity contribution is 0.298. The molecule has 3 aromatic rings. The van der Waals surface area contributed by atoms with Crippen molar-refractivity contribution in [3.63, 3.8) is 0 Å². The number of aromatic amines is 1. The molecule has 6 nitrogen and oxygen atoms in total. The number of thiazole rings is 1. The molecule has 3 N–H and O–H groups in total. The molecule has 0 saturated carbocycles. The van der Waals surface area contributed by atoms with Gasteiger partial charge in [0.1, 0.15) is 0 Å². The zero-order chi connectivity index (χ0) is 14.8. The summed E-state index contributed by atoms with van der Waals surface area (Å²) in [5, 5.41) is 12.6. The molecule has 0 fully saturated rings. The Kier molecular flexibility index (Phi) is 3.68. The highest BCUT2D eigenvalue weighted by Gasteiger charge is 2.09. The molecule has 0 spiro atoms. The summed E-state index contributed by atoms with van der Waals surface area (Å²) in [5.41, 5.74) is 1.78. The van der Waals surface area contributed by atoms with E-state index >= 15 is 0 Å². The van der Waals surface area contributed by atoms with Gasteiger partial charge >= 0.3 is 0 Å². The van der Waals surface area contributed by atoms with Crippen molar-refractivity contribution >= 4 is 32.6 Å². The van der Waals surface area contributed by atoms with Gasteiger partial charge < -0.3 is 10.4 Å². The van der Waals surface area contributed by atoms with Gasteiger partial charge in [-0.3, -0.25) is 9.78 Å². The fourth-order valence-electron chi connectivity index (χ4n) is 2.10. The first-order valence-electron chi connectivity index (χ1n) is 6.50. The molecule has 1 aromatic carbocycles. The van der Waals surface area contributed by atoms with Crippen molar-refractivity contribution in [3.8, 4) is 0 Å². The second kappa shape index (κ2) is 5.63. The van der Waals surface area contributed by atoms with Gasteiger partial charge in [-0.15, -0.1) is 0 Å². The molecule has 21 heavy (non-hydrogen) atoms. The maximum atomic E-state index is 11.9. The number of fused-ring (bicyclic) bond motifs is 1. The number of hydrogen-bond donors (Lipinski definition) is 3. The summed E-state index contributed by atoms with van der Waals surface area (Å²) >= 11 is 1.49. The number of aliphatic hydroxyl groups is 1. The third kappa shape index (κ3) is 2.79. The van der Waals surface area contributed by atoms with Crippen LogP contribution in [0.3, 0.4) is 0 Å². The predicted octanol–water partition coefficient (Wildman–Crippen LogP) is 1.97. The lowest BCUT2D eigenvalue weighted by Crippen LogP contribution is -2.19. The molecule has 7 heteroatoms. The molecule has 0 unspecified atom stereocenters. The van der Waals surface area contributed by atoms with Crippen molar-refractivity contribution in [2.75, 3.05) is 11.9 Å². The normalized spacial score (nSPS) is 11.0. The van der Waals surface area contributed by atoms with Crippen LogP contribution in [0.1, 0.15) is 11.3 Å². The van der Waals surface area contributed by atoms with Crippen LogP contribution in [0.15, 0.2) is 29.1 Å². The minimum absolute atomic E-state index is 0.0732. The predicted molar refractivity (Wildman–Crippen MR) is 83.3 cm³/mol. The number of para-hydroxylation sites is 1. The highest BCUT2D eigenvalue weighted by molar-refractivity contribution is 7.22. The highest BCUT2D eigenvalue weighted by atomic mass is 32.1. The van der Waals surface area contributed by atoms with Gasteiger partial charge in [-0.1, -0.05) is 23.5 Å². The van der Waals surface area contributed by atoms with E-state index in [1.54, 1.807) is 6.92 Å². The zero-order valence-corrected chi connectivity index (χ0v) is 12.2. The number of nitrogens with one attached hydrogen (secondary N) is 2. The van der Waals surface area contributed by atoms with Crippen LogP contribution in [0, 0.1) is 6.92 Å². The molecule has 2 heterocycles. The number of nitrogens with zero attached hydrogens (tertiary/aromatic N) is 2. The van der Waals surface area contributed by atoms with E-state index < -0.39 is 0 Å². The lowest BCUT2D eigenvalue weighted by Gasteiger charge is -2.06. The minimum atomic E-state index is -0.236. The third-order valence-corrected chi connectivity index (χ3v) is 4.06. The van der Waals surface area contributed by atoms with Crippen LogP contribution < -0.4 is 10.9 Å². The summed E-state index contributed by atoms with van der Waals surface area (Å²) in [4.78, 5) is 23.4. The standard InChI is InChI=1S/C14H14N4O2S/c1-8-9(6-7-19)12(20)17-13(15-8)18-14-16-10-4-2-3-5-11(10)21-14/h2-5,19H,6-7H2,1H3,(H2,15,16,17,18,20). The fraction of sp³-hybridized carbons (Fsp3) is 0.214. The van der Waals surface area contributed by atoms with E-state index in [0.717, 1.165) is 10.2 Å². The monoisotopic (exact) mass is 302 g/mol. The van der Waals surface area contributed by atoms with Gasteiger partial charge in [-0.25, -0.2) is 9.97 Å². The Morgan fingerprint density at radius 2 is 2.14 bits per heavy atom. The van der Waals surface area contributed by atoms with E-state index in [4.69, 9.17) is 5.11 Å². The van der Waals surface area contributed by atoms with E-state index in [1.165, 1.54) is 11.3 Å². The Labute approximate surface area is 124 Å². The topological polar surface area (TPSA) is 90.9 Å². The average Bonchev–Trinajstić information content (AvgIpc) is 2.85. The summed E-state index contributed by atoms with van der Waals surface area (Å²) in [7, 11) is 0. The summed E-state index contributed by atoms with van der Waals surface area (Å²) < 4.78 is 1.07. The van der Waals surface area contributed by atoms with Crippen molar-refractivity contribution in [1.82, 2.24) is 15.0 Å². The fourth-order valence-corrected chi connectivity index (χ4v) is 2.97. The number of hydrogen-bond acceptors (Lipinski definition) is 6. The van der Waals surface area contributed by atoms with E-state index in [0.29, 0.717) is 28.8 Å². The van der Waals surface area contributed by atoms with Gasteiger partial charge in [0, 0.05) is 18.6 Å². The highest BCUT2D eigenvalue weighted by Crippen LogP contribution is 2.26. The van der Waals surface area contributed by atoms with Crippen LogP contribution in [0.25, 0.3) is 10.2 Å². The van der Waals surface area contributed by atoms with Crippen LogP contribution >= 0.6 is 11.3 Å². The van der Waals surface area contributed by atoms with E-state index in [1.807, 2.05) is 24.3 Å². The molecule has 0 bridgehead atoms. The summed E-state index contributed by atoms with van der Waals surface area (Å²) in [6, 6.07) is 7.81. The van der Waals surface area contributed by atoms with Gasteiger partial charge in [-0.05, 0) is 19.1 Å². The van der Waals surface area contributed by atoms with E-state index in [9.17, 15) is 4.79 Å². The smallest absolute Gasteiger partial charge is 0.255 e. The first-order valence-corrected chi connectivity index (χ1v) is 7.32. The largest absolute Gasteiger partial charge is 0.396 e. The Bertz CT molecular complexity index is 807. The van der Waals surface area contributed by atoms with Crippen molar-refractivity contribution in [2.45, 2.75) is 13.3 Å². The molecule has 0 aliphatic rings. The number of aliphatic hydroxyl groups excluding tert-OH is 1. The maximum Gasteiger partial charge on any atom is 0.255 e. The molecule has 0 saturated heterocycles. The summed E-state index contributed by atoms with van der Waals surface area (Å²) in [6.07, 6.45) is 0.301. The molecule has 0 atom stereocenters. The lowest BCUT2D eigenvalue weighted by atomic mass is 10.2.